The number of rotatable bonds is 4. The molecule has 0 radical (unpaired) electrons. The monoisotopic (exact) mass is 456 g/mol. The molecule has 0 saturated heterocycles. The van der Waals surface area contributed by atoms with Crippen molar-refractivity contribution in [1.29, 1.82) is 0 Å². The van der Waals surface area contributed by atoms with Crippen molar-refractivity contribution in [2.45, 2.75) is 29.3 Å². The third-order valence-electron chi connectivity index (χ3n) is 4.16. The highest BCUT2D eigenvalue weighted by Crippen LogP contribution is 2.30. The second-order valence-corrected chi connectivity index (χ2v) is 8.47. The van der Waals surface area contributed by atoms with Crippen molar-refractivity contribution < 1.29 is 18.8 Å². The number of guanidine groups is 2. The van der Waals surface area contributed by atoms with E-state index in [2.05, 4.69) is 9.98 Å². The summed E-state index contributed by atoms with van der Waals surface area (Å²) < 4.78 is 25.5. The molecule has 11 nitrogen and oxygen atoms in total. The van der Waals surface area contributed by atoms with Crippen molar-refractivity contribution in [2.24, 2.45) is 21.5 Å². The number of halogens is 1. The van der Waals surface area contributed by atoms with Crippen molar-refractivity contribution in [2.75, 3.05) is 4.90 Å². The molecule has 0 aromatic heterocycles. The quantitative estimate of drug-likeness (QED) is 0.510. The van der Waals surface area contributed by atoms with E-state index in [4.69, 9.17) is 11.5 Å². The second-order valence-electron chi connectivity index (χ2n) is 6.52. The van der Waals surface area contributed by atoms with Gasteiger partial charge in [-0.3, -0.25) is 15.0 Å². The molecule has 0 bridgehead atoms. The molecular weight excluding hydrogens is 436 g/mol. The van der Waals surface area contributed by atoms with Gasteiger partial charge in [-0.1, -0.05) is 0 Å². The fraction of sp³-hybridized carbons (Fsp3) is 0.176. The summed E-state index contributed by atoms with van der Waals surface area (Å²) in [6.07, 6.45) is 0. The maximum atomic E-state index is 12.8. The van der Waals surface area contributed by atoms with E-state index in [9.17, 15) is 18.5 Å². The largest absolute Gasteiger partial charge is 0.412 e. The molecule has 30 heavy (non-hydrogen) atoms. The number of aliphatic imine (C=N–C) groups is 2. The van der Waals surface area contributed by atoms with Crippen molar-refractivity contribution in [3.8, 4) is 0 Å². The van der Waals surface area contributed by atoms with E-state index < -0.39 is 20.4 Å². The first-order chi connectivity index (χ1) is 13.0. The van der Waals surface area contributed by atoms with Crippen LogP contribution in [0.4, 0.5) is 11.4 Å². The summed E-state index contributed by atoms with van der Waals surface area (Å²) in [6.45, 7) is 3.59. The first kappa shape index (κ1) is 24.8. The predicted molar refractivity (Wildman–Crippen MR) is 116 cm³/mol. The molecule has 13 heteroatoms. The van der Waals surface area contributed by atoms with Crippen molar-refractivity contribution >= 4 is 45.5 Å². The minimum absolute atomic E-state index is 0. The van der Waals surface area contributed by atoms with E-state index in [-0.39, 0.29) is 45.3 Å². The lowest BCUT2D eigenvalue weighted by Crippen LogP contribution is -2.54. The SMILES string of the molecule is CC1(C)N=C(N)N=C(N)N1c1ccc(S(=O)(=O)c2ccc([N+](=O)[O-])cc2)cc1.Cl.O. The third kappa shape index (κ3) is 4.50. The van der Waals surface area contributed by atoms with Gasteiger partial charge in [0.25, 0.3) is 5.69 Å². The van der Waals surface area contributed by atoms with Gasteiger partial charge in [0.05, 0.1) is 14.7 Å². The van der Waals surface area contributed by atoms with Crippen LogP contribution in [0, 0.1) is 10.1 Å². The summed E-state index contributed by atoms with van der Waals surface area (Å²) in [7, 11) is -3.83. The molecule has 6 N–H and O–H groups in total. The zero-order valence-electron chi connectivity index (χ0n) is 16.0. The minimum Gasteiger partial charge on any atom is -0.412 e. The van der Waals surface area contributed by atoms with Crippen LogP contribution in [0.25, 0.3) is 0 Å². The van der Waals surface area contributed by atoms with Gasteiger partial charge in [-0.25, -0.2) is 13.4 Å². The van der Waals surface area contributed by atoms with E-state index in [1.807, 2.05) is 0 Å². The van der Waals surface area contributed by atoms with Gasteiger partial charge < -0.3 is 16.9 Å². The summed E-state index contributed by atoms with van der Waals surface area (Å²) in [5.41, 5.74) is 11.2. The van der Waals surface area contributed by atoms with Crippen LogP contribution in [0.5, 0.6) is 0 Å². The van der Waals surface area contributed by atoms with E-state index in [0.29, 0.717) is 5.69 Å². The highest BCUT2D eigenvalue weighted by molar-refractivity contribution is 7.91. The topological polar surface area (TPSA) is 189 Å². The second kappa shape index (κ2) is 8.65. The fourth-order valence-corrected chi connectivity index (χ4v) is 4.17. The summed E-state index contributed by atoms with van der Waals surface area (Å²) in [5.74, 6) is 0.208. The maximum absolute atomic E-state index is 12.8. The maximum Gasteiger partial charge on any atom is 0.269 e. The van der Waals surface area contributed by atoms with Crippen LogP contribution in [-0.4, -0.2) is 36.4 Å². The van der Waals surface area contributed by atoms with Crippen LogP contribution < -0.4 is 16.4 Å². The van der Waals surface area contributed by atoms with Gasteiger partial charge in [-0.2, -0.15) is 4.99 Å². The molecule has 0 amide bonds. The number of anilines is 1. The number of nitro benzene ring substituents is 1. The first-order valence-corrected chi connectivity index (χ1v) is 9.60. The van der Waals surface area contributed by atoms with E-state index in [0.717, 1.165) is 12.1 Å². The Morgan fingerprint density at radius 2 is 1.47 bits per heavy atom. The Morgan fingerprint density at radius 3 is 1.90 bits per heavy atom. The molecule has 0 unspecified atom stereocenters. The highest BCUT2D eigenvalue weighted by Gasteiger charge is 2.33. The summed E-state index contributed by atoms with van der Waals surface area (Å²) in [6, 6.07) is 10.7. The zero-order chi connectivity index (χ0) is 20.7. The predicted octanol–water partition coefficient (Wildman–Crippen LogP) is 1.21. The summed E-state index contributed by atoms with van der Waals surface area (Å²) in [4.78, 5) is 20.0. The molecule has 2 aromatic rings. The molecule has 0 fully saturated rings. The van der Waals surface area contributed by atoms with Gasteiger partial charge in [-0.05, 0) is 50.2 Å². The third-order valence-corrected chi connectivity index (χ3v) is 5.94. The van der Waals surface area contributed by atoms with Gasteiger partial charge in [0.15, 0.2) is 0 Å². The molecule has 0 saturated carbocycles. The molecular formula is C17H21ClN6O5S. The van der Waals surface area contributed by atoms with Crippen molar-refractivity contribution in [3.63, 3.8) is 0 Å². The van der Waals surface area contributed by atoms with Gasteiger partial charge in [0, 0.05) is 17.8 Å². The molecule has 1 aliphatic heterocycles. The number of hydrogen-bond acceptors (Lipinski definition) is 9. The summed E-state index contributed by atoms with van der Waals surface area (Å²) >= 11 is 0. The molecule has 0 aliphatic carbocycles. The van der Waals surface area contributed by atoms with Crippen LogP contribution >= 0.6 is 12.4 Å². The molecule has 1 aliphatic rings. The lowest BCUT2D eigenvalue weighted by atomic mass is 10.1. The standard InChI is InChI=1S/C17H18N6O4S.ClH.H2O/c1-17(2)21-15(18)20-16(19)22(17)11-3-7-13(8-4-11)28(26,27)14-9-5-12(6-10-14)23(24)25;;/h3-10H,1-2H3,(H4,18,19,20,21);1H;1H2. The van der Waals surface area contributed by atoms with Gasteiger partial charge in [0.1, 0.15) is 5.66 Å². The Hall–Kier alpha value is -3.22. The number of nitrogens with zero attached hydrogens (tertiary/aromatic N) is 4. The Kier molecular flexibility index (Phi) is 7.16. The average molecular weight is 457 g/mol. The smallest absolute Gasteiger partial charge is 0.269 e. The minimum atomic E-state index is -3.83. The molecule has 3 rings (SSSR count). The Balaban J connectivity index is 0.00000225. The molecule has 0 atom stereocenters. The highest BCUT2D eigenvalue weighted by atomic mass is 35.5. The number of benzene rings is 2. The fourth-order valence-electron chi connectivity index (χ4n) is 2.91. The van der Waals surface area contributed by atoms with Gasteiger partial charge in [0.2, 0.25) is 21.8 Å². The van der Waals surface area contributed by atoms with Crippen LogP contribution in [0.3, 0.4) is 0 Å². The van der Waals surface area contributed by atoms with Crippen molar-refractivity contribution in [1.82, 2.24) is 0 Å². The number of sulfone groups is 1. The van der Waals surface area contributed by atoms with E-state index >= 15 is 0 Å². The Labute approximate surface area is 178 Å². The van der Waals surface area contributed by atoms with Gasteiger partial charge >= 0.3 is 0 Å². The number of hydrogen-bond donors (Lipinski definition) is 2. The van der Waals surface area contributed by atoms with Crippen molar-refractivity contribution in [3.05, 3.63) is 58.6 Å². The molecule has 2 aromatic carbocycles. The zero-order valence-corrected chi connectivity index (χ0v) is 17.6. The Morgan fingerprint density at radius 1 is 1.00 bits per heavy atom. The average Bonchev–Trinajstić information content (AvgIpc) is 2.60. The summed E-state index contributed by atoms with van der Waals surface area (Å²) in [5, 5.41) is 10.7. The number of non-ortho nitro benzene ring substituents is 1. The van der Waals surface area contributed by atoms with E-state index in [1.54, 1.807) is 30.9 Å². The van der Waals surface area contributed by atoms with Crippen LogP contribution in [0.1, 0.15) is 13.8 Å². The Bertz CT molecular complexity index is 1100. The number of nitro groups is 1. The molecule has 0 spiro atoms. The molecule has 162 valence electrons. The first-order valence-electron chi connectivity index (χ1n) is 8.12. The lowest BCUT2D eigenvalue weighted by Gasteiger charge is -2.38. The van der Waals surface area contributed by atoms with Crippen LogP contribution in [0.15, 0.2) is 68.3 Å². The molecule has 1 heterocycles. The van der Waals surface area contributed by atoms with E-state index in [1.165, 1.54) is 24.3 Å². The van der Waals surface area contributed by atoms with Crippen LogP contribution in [0.2, 0.25) is 0 Å². The normalized spacial score (nSPS) is 15.2. The number of nitrogens with two attached hydrogens (primary N) is 2. The van der Waals surface area contributed by atoms with Gasteiger partial charge in [-0.15, -0.1) is 12.4 Å². The lowest BCUT2D eigenvalue weighted by molar-refractivity contribution is -0.384. The van der Waals surface area contributed by atoms with Crippen LogP contribution in [-0.2, 0) is 9.84 Å².